The Kier molecular flexibility index (Phi) is 4.60. The summed E-state index contributed by atoms with van der Waals surface area (Å²) in [5, 5.41) is 11.1. The summed E-state index contributed by atoms with van der Waals surface area (Å²) in [5.74, 6) is -1.85. The highest BCUT2D eigenvalue weighted by molar-refractivity contribution is 8.00. The largest absolute Gasteiger partial charge is 0.543 e. The van der Waals surface area contributed by atoms with E-state index < -0.39 is 23.8 Å². The fraction of sp³-hybridized carbons (Fsp3) is 0.250. The van der Waals surface area contributed by atoms with Gasteiger partial charge in [0.1, 0.15) is 11.4 Å². The summed E-state index contributed by atoms with van der Waals surface area (Å²) >= 11 is 1.43. The standard InChI is InChI=1S/C16H16N4O4S/c17-11-14(22)20-12(16(23)24)10(8-25-15(11)20)2-1-5-19-6-3-9(4-7-19)13(18)21/h1-4,6-7,11,15H,5,8,17H2,(H2-,18,21,23,24)/t11?,15-/m1/s1. The lowest BCUT2D eigenvalue weighted by Crippen LogP contribution is -2.69. The molecular weight excluding hydrogens is 344 g/mol. The van der Waals surface area contributed by atoms with Gasteiger partial charge in [0.25, 0.3) is 0 Å². The number of aliphatic carboxylic acids is 1. The predicted octanol–water partition coefficient (Wildman–Crippen LogP) is -2.12. The zero-order valence-electron chi connectivity index (χ0n) is 13.1. The van der Waals surface area contributed by atoms with Gasteiger partial charge in [-0.2, -0.15) is 0 Å². The van der Waals surface area contributed by atoms with Crippen LogP contribution in [0.4, 0.5) is 0 Å². The Bertz CT molecular complexity index is 803. The van der Waals surface area contributed by atoms with Gasteiger partial charge >= 0.3 is 0 Å². The molecule has 4 N–H and O–H groups in total. The highest BCUT2D eigenvalue weighted by Crippen LogP contribution is 2.39. The van der Waals surface area contributed by atoms with Gasteiger partial charge in [-0.15, -0.1) is 11.8 Å². The SMILES string of the molecule is NC(=O)c1cc[n+](CC=CC2=C(C(=O)[O-])N3C(=O)C(N)[C@H]3SC2)cc1. The Hall–Kier alpha value is -2.65. The van der Waals surface area contributed by atoms with Gasteiger partial charge in [-0.05, 0) is 11.6 Å². The summed E-state index contributed by atoms with van der Waals surface area (Å²) in [6, 6.07) is 2.54. The van der Waals surface area contributed by atoms with E-state index in [1.807, 2.05) is 0 Å². The van der Waals surface area contributed by atoms with Gasteiger partial charge in [-0.3, -0.25) is 14.5 Å². The molecular formula is C16H16N4O4S. The summed E-state index contributed by atoms with van der Waals surface area (Å²) in [6.07, 6.45) is 6.83. The van der Waals surface area contributed by atoms with E-state index in [1.165, 1.54) is 16.7 Å². The summed E-state index contributed by atoms with van der Waals surface area (Å²) in [7, 11) is 0. The number of amides is 2. The number of nitrogens with two attached hydrogens (primary N) is 2. The van der Waals surface area contributed by atoms with Crippen molar-refractivity contribution in [2.45, 2.75) is 18.0 Å². The number of fused-ring (bicyclic) bond motifs is 1. The van der Waals surface area contributed by atoms with Gasteiger partial charge < -0.3 is 21.4 Å². The maximum absolute atomic E-state index is 11.8. The van der Waals surface area contributed by atoms with Crippen molar-refractivity contribution < 1.29 is 24.1 Å². The van der Waals surface area contributed by atoms with Crippen LogP contribution in [0.2, 0.25) is 0 Å². The maximum atomic E-state index is 11.8. The number of hydrogen-bond acceptors (Lipinski definition) is 6. The van der Waals surface area contributed by atoms with Crippen molar-refractivity contribution in [2.24, 2.45) is 11.5 Å². The molecule has 130 valence electrons. The smallest absolute Gasteiger partial charge is 0.249 e. The number of thioether (sulfide) groups is 1. The third kappa shape index (κ3) is 3.15. The van der Waals surface area contributed by atoms with Crippen molar-refractivity contribution in [1.82, 2.24) is 4.90 Å². The number of carbonyl (C=O) groups is 3. The summed E-state index contributed by atoms with van der Waals surface area (Å²) in [4.78, 5) is 35.5. The number of rotatable bonds is 5. The number of primary amides is 1. The van der Waals surface area contributed by atoms with Crippen LogP contribution < -0.4 is 21.1 Å². The minimum absolute atomic E-state index is 0.110. The van der Waals surface area contributed by atoms with E-state index in [2.05, 4.69) is 0 Å². The molecule has 1 fully saturated rings. The highest BCUT2D eigenvalue weighted by Gasteiger charge is 2.49. The van der Waals surface area contributed by atoms with Crippen LogP contribution in [0.1, 0.15) is 10.4 Å². The lowest BCUT2D eigenvalue weighted by molar-refractivity contribution is -0.687. The number of β-lactam (4-membered cyclic amide) rings is 1. The predicted molar refractivity (Wildman–Crippen MR) is 87.4 cm³/mol. The van der Waals surface area contributed by atoms with Gasteiger partial charge in [0, 0.05) is 17.9 Å². The van der Waals surface area contributed by atoms with Crippen LogP contribution in [0, 0.1) is 0 Å². The number of allylic oxidation sites excluding steroid dienone is 2. The molecule has 0 bridgehead atoms. The molecule has 0 saturated carbocycles. The van der Waals surface area contributed by atoms with E-state index in [-0.39, 0.29) is 11.1 Å². The molecule has 8 nitrogen and oxygen atoms in total. The quantitative estimate of drug-likeness (QED) is 0.455. The van der Waals surface area contributed by atoms with Gasteiger partial charge in [-0.25, -0.2) is 4.57 Å². The Balaban J connectivity index is 1.76. The Morgan fingerprint density at radius 3 is 2.68 bits per heavy atom. The average molecular weight is 360 g/mol. The molecule has 0 aromatic carbocycles. The van der Waals surface area contributed by atoms with Crippen molar-refractivity contribution in [1.29, 1.82) is 0 Å². The van der Waals surface area contributed by atoms with E-state index in [1.54, 1.807) is 41.2 Å². The second-order valence-corrected chi connectivity index (χ2v) is 6.75. The minimum atomic E-state index is -1.39. The average Bonchev–Trinajstić information content (AvgIpc) is 2.60. The molecule has 25 heavy (non-hydrogen) atoms. The molecule has 3 heterocycles. The van der Waals surface area contributed by atoms with Crippen LogP contribution in [-0.4, -0.2) is 39.9 Å². The molecule has 0 spiro atoms. The first-order chi connectivity index (χ1) is 11.9. The molecule has 2 amide bonds. The number of carboxylic acid groups (broad SMARTS) is 1. The van der Waals surface area contributed by atoms with Gasteiger partial charge in [0.05, 0.1) is 17.2 Å². The van der Waals surface area contributed by atoms with Gasteiger partial charge in [0.2, 0.25) is 11.8 Å². The summed E-state index contributed by atoms with van der Waals surface area (Å²) in [5.41, 5.74) is 11.7. The molecule has 1 saturated heterocycles. The molecule has 0 aliphatic carbocycles. The maximum Gasteiger partial charge on any atom is 0.249 e. The second kappa shape index (κ2) is 6.69. The first kappa shape index (κ1) is 17.2. The highest BCUT2D eigenvalue weighted by atomic mass is 32.2. The number of nitrogens with zero attached hydrogens (tertiary/aromatic N) is 2. The van der Waals surface area contributed by atoms with Crippen LogP contribution in [-0.2, 0) is 16.1 Å². The fourth-order valence-corrected chi connectivity index (χ4v) is 3.98. The topological polar surface area (TPSA) is 133 Å². The van der Waals surface area contributed by atoms with Crippen molar-refractivity contribution in [3.8, 4) is 0 Å². The van der Waals surface area contributed by atoms with E-state index in [0.717, 1.165) is 0 Å². The molecule has 1 aromatic rings. The normalized spacial score (nSPS) is 22.8. The van der Waals surface area contributed by atoms with Crippen LogP contribution in [0.5, 0.6) is 0 Å². The number of hydrogen-bond donors (Lipinski definition) is 2. The lowest BCUT2D eigenvalue weighted by Gasteiger charge is -2.49. The van der Waals surface area contributed by atoms with E-state index in [0.29, 0.717) is 23.4 Å². The monoisotopic (exact) mass is 360 g/mol. The first-order valence-electron chi connectivity index (χ1n) is 7.50. The van der Waals surface area contributed by atoms with E-state index >= 15 is 0 Å². The number of aromatic nitrogens is 1. The Morgan fingerprint density at radius 2 is 2.08 bits per heavy atom. The van der Waals surface area contributed by atoms with Gasteiger partial charge in [-0.1, -0.05) is 6.08 Å². The molecule has 2 atom stereocenters. The fourth-order valence-electron chi connectivity index (χ4n) is 2.72. The molecule has 3 rings (SSSR count). The zero-order valence-corrected chi connectivity index (χ0v) is 13.9. The number of carbonyl (C=O) groups excluding carboxylic acids is 3. The van der Waals surface area contributed by atoms with Gasteiger partial charge in [0.15, 0.2) is 18.9 Å². The number of pyridine rings is 1. The van der Waals surface area contributed by atoms with E-state index in [9.17, 15) is 19.5 Å². The lowest BCUT2D eigenvalue weighted by atomic mass is 10.0. The third-order valence-corrected chi connectivity index (χ3v) is 5.37. The molecule has 0 radical (unpaired) electrons. The van der Waals surface area contributed by atoms with Crippen molar-refractivity contribution in [2.75, 3.05) is 5.75 Å². The number of carboxylic acids is 1. The van der Waals surface area contributed by atoms with Crippen LogP contribution >= 0.6 is 11.8 Å². The Morgan fingerprint density at radius 1 is 1.40 bits per heavy atom. The minimum Gasteiger partial charge on any atom is -0.543 e. The Labute approximate surface area is 147 Å². The molecule has 2 aliphatic heterocycles. The first-order valence-corrected chi connectivity index (χ1v) is 8.55. The van der Waals surface area contributed by atoms with Crippen LogP contribution in [0.3, 0.4) is 0 Å². The molecule has 2 aliphatic rings. The van der Waals surface area contributed by atoms with Crippen molar-refractivity contribution in [3.05, 3.63) is 53.5 Å². The summed E-state index contributed by atoms with van der Waals surface area (Å²) in [6.45, 7) is 0.463. The van der Waals surface area contributed by atoms with Crippen LogP contribution in [0.25, 0.3) is 0 Å². The third-order valence-electron chi connectivity index (χ3n) is 4.04. The second-order valence-electron chi connectivity index (χ2n) is 5.65. The van der Waals surface area contributed by atoms with Crippen molar-refractivity contribution in [3.63, 3.8) is 0 Å². The zero-order chi connectivity index (χ0) is 18.1. The van der Waals surface area contributed by atoms with E-state index in [4.69, 9.17) is 11.5 Å². The van der Waals surface area contributed by atoms with Crippen LogP contribution in [0.15, 0.2) is 47.9 Å². The molecule has 1 unspecified atom stereocenters. The van der Waals surface area contributed by atoms with Crippen molar-refractivity contribution >= 4 is 29.5 Å². The molecule has 9 heteroatoms. The molecule has 1 aromatic heterocycles. The summed E-state index contributed by atoms with van der Waals surface area (Å²) < 4.78 is 1.80.